The average Bonchev–Trinajstić information content (AvgIpc) is 2.36. The van der Waals surface area contributed by atoms with Gasteiger partial charge in [-0.05, 0) is 18.9 Å². The standard InChI is InChI=1S/C12H15N3O5/c1-20-11-4-9(5-11)13-7-8-2-3-10(14(16)17)6-12(8)15(18)19/h2-3,6,9,11,13H,4-5,7H2,1H3. The van der Waals surface area contributed by atoms with Crippen molar-refractivity contribution in [2.24, 2.45) is 0 Å². The van der Waals surface area contributed by atoms with Gasteiger partial charge in [0.05, 0.1) is 22.0 Å². The van der Waals surface area contributed by atoms with Gasteiger partial charge in [-0.2, -0.15) is 0 Å². The lowest BCUT2D eigenvalue weighted by atomic mass is 9.89. The van der Waals surface area contributed by atoms with Crippen LogP contribution >= 0.6 is 0 Å². The van der Waals surface area contributed by atoms with E-state index < -0.39 is 9.85 Å². The van der Waals surface area contributed by atoms with Crippen LogP contribution in [-0.4, -0.2) is 29.1 Å². The van der Waals surface area contributed by atoms with Crippen LogP contribution in [0.1, 0.15) is 18.4 Å². The smallest absolute Gasteiger partial charge is 0.280 e. The van der Waals surface area contributed by atoms with Crippen LogP contribution in [0.3, 0.4) is 0 Å². The Balaban J connectivity index is 2.03. The highest BCUT2D eigenvalue weighted by atomic mass is 16.6. The van der Waals surface area contributed by atoms with Crippen LogP contribution in [0.5, 0.6) is 0 Å². The fraction of sp³-hybridized carbons (Fsp3) is 0.500. The molecule has 0 aliphatic heterocycles. The highest BCUT2D eigenvalue weighted by Gasteiger charge is 2.29. The van der Waals surface area contributed by atoms with Crippen molar-refractivity contribution in [3.8, 4) is 0 Å². The number of nitro benzene ring substituents is 2. The lowest BCUT2D eigenvalue weighted by molar-refractivity contribution is -0.394. The molecule has 0 saturated heterocycles. The van der Waals surface area contributed by atoms with Crippen molar-refractivity contribution in [2.75, 3.05) is 7.11 Å². The van der Waals surface area contributed by atoms with E-state index in [-0.39, 0.29) is 23.5 Å². The number of non-ortho nitro benzene ring substituents is 1. The zero-order chi connectivity index (χ0) is 14.7. The molecule has 1 aliphatic carbocycles. The topological polar surface area (TPSA) is 108 Å². The van der Waals surface area contributed by atoms with Crippen molar-refractivity contribution < 1.29 is 14.6 Å². The van der Waals surface area contributed by atoms with Crippen molar-refractivity contribution in [3.63, 3.8) is 0 Å². The minimum Gasteiger partial charge on any atom is -0.381 e. The zero-order valence-electron chi connectivity index (χ0n) is 10.9. The summed E-state index contributed by atoms with van der Waals surface area (Å²) in [5.74, 6) is 0. The predicted octanol–water partition coefficient (Wildman–Crippen LogP) is 1.77. The van der Waals surface area contributed by atoms with E-state index in [1.54, 1.807) is 7.11 Å². The molecule has 0 unspecified atom stereocenters. The Morgan fingerprint density at radius 3 is 2.55 bits per heavy atom. The maximum atomic E-state index is 11.0. The third-order valence-electron chi connectivity index (χ3n) is 3.49. The lowest BCUT2D eigenvalue weighted by Gasteiger charge is -2.34. The summed E-state index contributed by atoms with van der Waals surface area (Å²) < 4.78 is 5.15. The third-order valence-corrected chi connectivity index (χ3v) is 3.49. The molecule has 1 aromatic rings. The number of methoxy groups -OCH3 is 1. The third kappa shape index (κ3) is 3.09. The molecule has 8 nitrogen and oxygen atoms in total. The summed E-state index contributed by atoms with van der Waals surface area (Å²) in [7, 11) is 1.65. The van der Waals surface area contributed by atoms with Gasteiger partial charge in [0.15, 0.2) is 0 Å². The largest absolute Gasteiger partial charge is 0.381 e. The van der Waals surface area contributed by atoms with Gasteiger partial charge in [0, 0.05) is 31.3 Å². The highest BCUT2D eigenvalue weighted by molar-refractivity contribution is 5.49. The second-order valence-electron chi connectivity index (χ2n) is 4.73. The Kier molecular flexibility index (Phi) is 4.26. The van der Waals surface area contributed by atoms with Crippen LogP contribution in [0.4, 0.5) is 11.4 Å². The first-order valence-electron chi connectivity index (χ1n) is 6.19. The van der Waals surface area contributed by atoms with Crippen molar-refractivity contribution in [2.45, 2.75) is 31.5 Å². The number of hydrogen-bond acceptors (Lipinski definition) is 6. The van der Waals surface area contributed by atoms with Gasteiger partial charge in [-0.1, -0.05) is 0 Å². The second-order valence-corrected chi connectivity index (χ2v) is 4.73. The molecule has 1 N–H and O–H groups in total. The van der Waals surface area contributed by atoms with Gasteiger partial charge < -0.3 is 10.1 Å². The van der Waals surface area contributed by atoms with E-state index in [1.807, 2.05) is 0 Å². The van der Waals surface area contributed by atoms with Gasteiger partial charge >= 0.3 is 0 Å². The summed E-state index contributed by atoms with van der Waals surface area (Å²) >= 11 is 0. The van der Waals surface area contributed by atoms with Crippen LogP contribution < -0.4 is 5.32 Å². The van der Waals surface area contributed by atoms with Gasteiger partial charge in [-0.25, -0.2) is 0 Å². The molecule has 1 aromatic carbocycles. The van der Waals surface area contributed by atoms with Crippen molar-refractivity contribution in [3.05, 3.63) is 44.0 Å². The molecule has 0 heterocycles. The normalized spacial score (nSPS) is 21.2. The summed E-state index contributed by atoms with van der Waals surface area (Å²) in [6, 6.07) is 3.98. The number of ether oxygens (including phenoxy) is 1. The highest BCUT2D eigenvalue weighted by Crippen LogP contribution is 2.26. The molecule has 1 saturated carbocycles. The van der Waals surface area contributed by atoms with Gasteiger partial charge in [0.25, 0.3) is 11.4 Å². The molecule has 0 atom stereocenters. The molecule has 0 radical (unpaired) electrons. The fourth-order valence-electron chi connectivity index (χ4n) is 2.16. The minimum absolute atomic E-state index is 0.227. The van der Waals surface area contributed by atoms with Crippen LogP contribution in [0, 0.1) is 20.2 Å². The Morgan fingerprint density at radius 2 is 2.00 bits per heavy atom. The van der Waals surface area contributed by atoms with Gasteiger partial charge in [-0.3, -0.25) is 20.2 Å². The number of benzene rings is 1. The summed E-state index contributed by atoms with van der Waals surface area (Å²) in [6.07, 6.45) is 1.99. The predicted molar refractivity (Wildman–Crippen MR) is 70.4 cm³/mol. The number of hydrogen-bond donors (Lipinski definition) is 1. The molecule has 0 amide bonds. The first kappa shape index (κ1) is 14.4. The number of rotatable bonds is 6. The molecule has 108 valence electrons. The zero-order valence-corrected chi connectivity index (χ0v) is 10.9. The van der Waals surface area contributed by atoms with E-state index in [4.69, 9.17) is 4.74 Å². The average molecular weight is 281 g/mol. The molecular weight excluding hydrogens is 266 g/mol. The monoisotopic (exact) mass is 281 g/mol. The first-order chi connectivity index (χ1) is 9.51. The van der Waals surface area contributed by atoms with Crippen LogP contribution in [0.25, 0.3) is 0 Å². The molecular formula is C12H15N3O5. The SMILES string of the molecule is COC1CC(NCc2ccc([N+](=O)[O-])cc2[N+](=O)[O-])C1. The Labute approximate surface area is 115 Å². The van der Waals surface area contributed by atoms with E-state index >= 15 is 0 Å². The maximum absolute atomic E-state index is 11.0. The Morgan fingerprint density at radius 1 is 1.30 bits per heavy atom. The van der Waals surface area contributed by atoms with E-state index in [9.17, 15) is 20.2 Å². The molecule has 1 fully saturated rings. The molecule has 2 rings (SSSR count). The Bertz CT molecular complexity index is 528. The van der Waals surface area contributed by atoms with Crippen LogP contribution in [-0.2, 0) is 11.3 Å². The molecule has 20 heavy (non-hydrogen) atoms. The molecule has 0 aromatic heterocycles. The summed E-state index contributed by atoms with van der Waals surface area (Å²) in [5, 5.41) is 24.8. The molecule has 8 heteroatoms. The first-order valence-corrected chi connectivity index (χ1v) is 6.19. The fourth-order valence-corrected chi connectivity index (χ4v) is 2.16. The van der Waals surface area contributed by atoms with E-state index in [2.05, 4.69) is 5.32 Å². The number of nitrogens with one attached hydrogen (secondary N) is 1. The second kappa shape index (κ2) is 5.93. The summed E-state index contributed by atoms with van der Waals surface area (Å²) in [5.41, 5.74) is -0.0562. The quantitative estimate of drug-likeness (QED) is 0.629. The number of nitrogens with zero attached hydrogens (tertiary/aromatic N) is 2. The molecule has 1 aliphatic rings. The summed E-state index contributed by atoms with van der Waals surface area (Å²) in [6.45, 7) is 0.315. The van der Waals surface area contributed by atoms with Crippen LogP contribution in [0.2, 0.25) is 0 Å². The summed E-state index contributed by atoms with van der Waals surface area (Å²) in [4.78, 5) is 20.4. The van der Waals surface area contributed by atoms with E-state index in [0.717, 1.165) is 18.9 Å². The van der Waals surface area contributed by atoms with Gasteiger partial charge in [0.2, 0.25) is 0 Å². The Hall–Kier alpha value is -2.06. The van der Waals surface area contributed by atoms with Crippen molar-refractivity contribution in [1.82, 2.24) is 5.32 Å². The maximum Gasteiger partial charge on any atom is 0.280 e. The van der Waals surface area contributed by atoms with Gasteiger partial charge in [0.1, 0.15) is 0 Å². The van der Waals surface area contributed by atoms with Crippen molar-refractivity contribution >= 4 is 11.4 Å². The van der Waals surface area contributed by atoms with Crippen LogP contribution in [0.15, 0.2) is 18.2 Å². The number of nitro groups is 2. The van der Waals surface area contributed by atoms with E-state index in [1.165, 1.54) is 12.1 Å². The van der Waals surface area contributed by atoms with Crippen molar-refractivity contribution in [1.29, 1.82) is 0 Å². The molecule has 0 spiro atoms. The van der Waals surface area contributed by atoms with E-state index in [0.29, 0.717) is 12.1 Å². The van der Waals surface area contributed by atoms with Gasteiger partial charge in [-0.15, -0.1) is 0 Å². The lowest BCUT2D eigenvalue weighted by Crippen LogP contribution is -2.44. The minimum atomic E-state index is -0.640. The molecule has 0 bridgehead atoms.